The lowest BCUT2D eigenvalue weighted by Gasteiger charge is -2.19. The molecule has 150 valence electrons. The summed E-state index contributed by atoms with van der Waals surface area (Å²) < 4.78 is 26.8. The predicted molar refractivity (Wildman–Crippen MR) is 106 cm³/mol. The van der Waals surface area contributed by atoms with E-state index in [-0.39, 0.29) is 24.6 Å². The number of carbonyl (C=O) groups excluding carboxylic acids is 2. The molecular weight excluding hydrogens is 411 g/mol. The van der Waals surface area contributed by atoms with Crippen LogP contribution in [0.4, 0.5) is 14.5 Å². The molecular formula is C19H19Cl2F2N3O2. The van der Waals surface area contributed by atoms with Crippen LogP contribution in [0.15, 0.2) is 36.4 Å². The van der Waals surface area contributed by atoms with Crippen LogP contribution >= 0.6 is 23.2 Å². The van der Waals surface area contributed by atoms with Gasteiger partial charge in [0.15, 0.2) is 0 Å². The Bertz CT molecular complexity index is 880. The number of hydrogen-bond donors (Lipinski definition) is 2. The van der Waals surface area contributed by atoms with E-state index < -0.39 is 23.6 Å². The number of amides is 2. The van der Waals surface area contributed by atoms with Crippen LogP contribution < -0.4 is 10.6 Å². The monoisotopic (exact) mass is 429 g/mol. The lowest BCUT2D eigenvalue weighted by molar-refractivity contribution is -0.123. The van der Waals surface area contributed by atoms with E-state index in [2.05, 4.69) is 10.6 Å². The molecule has 0 unspecified atom stereocenters. The summed E-state index contributed by atoms with van der Waals surface area (Å²) in [5.41, 5.74) is 0.660. The molecule has 0 spiro atoms. The molecule has 0 heterocycles. The second-order valence-corrected chi connectivity index (χ2v) is 7.12. The lowest BCUT2D eigenvalue weighted by Crippen LogP contribution is -2.39. The van der Waals surface area contributed by atoms with Gasteiger partial charge < -0.3 is 10.6 Å². The number of halogens is 4. The average molecular weight is 430 g/mol. The van der Waals surface area contributed by atoms with Gasteiger partial charge in [0.25, 0.3) is 0 Å². The van der Waals surface area contributed by atoms with Gasteiger partial charge in [-0.3, -0.25) is 14.5 Å². The van der Waals surface area contributed by atoms with Crippen molar-refractivity contribution in [2.75, 3.05) is 25.5 Å². The lowest BCUT2D eigenvalue weighted by atomic mass is 10.1. The number of likely N-dealkylation sites (N-methyl/N-ethyl adjacent to an activating group) is 1. The van der Waals surface area contributed by atoms with E-state index in [1.54, 1.807) is 26.1 Å². The fourth-order valence-corrected chi connectivity index (χ4v) is 2.84. The molecule has 0 bridgehead atoms. The van der Waals surface area contributed by atoms with Crippen LogP contribution in [0, 0.1) is 11.6 Å². The van der Waals surface area contributed by atoms with Crippen molar-refractivity contribution in [3.05, 3.63) is 63.6 Å². The Labute approximate surface area is 171 Å². The maximum Gasteiger partial charge on any atom is 0.238 e. The number of benzene rings is 2. The van der Waals surface area contributed by atoms with Crippen molar-refractivity contribution >= 4 is 40.7 Å². The van der Waals surface area contributed by atoms with Gasteiger partial charge in [-0.05, 0) is 38.2 Å². The molecule has 9 heteroatoms. The van der Waals surface area contributed by atoms with E-state index in [1.807, 2.05) is 0 Å². The van der Waals surface area contributed by atoms with Gasteiger partial charge in [-0.15, -0.1) is 0 Å². The highest BCUT2D eigenvalue weighted by molar-refractivity contribution is 6.42. The second-order valence-electron chi connectivity index (χ2n) is 6.30. The number of nitrogens with zero attached hydrogens (tertiary/aromatic N) is 1. The Morgan fingerprint density at radius 1 is 1.04 bits per heavy atom. The Morgan fingerprint density at radius 3 is 2.36 bits per heavy atom. The second kappa shape index (κ2) is 9.82. The molecule has 2 rings (SSSR count). The molecule has 2 aromatic carbocycles. The summed E-state index contributed by atoms with van der Waals surface area (Å²) in [6.45, 7) is 1.46. The van der Waals surface area contributed by atoms with E-state index >= 15 is 0 Å². The molecule has 0 saturated heterocycles. The van der Waals surface area contributed by atoms with Gasteiger partial charge in [0.2, 0.25) is 11.8 Å². The normalized spacial score (nSPS) is 12.0. The van der Waals surface area contributed by atoms with Crippen molar-refractivity contribution in [3.63, 3.8) is 0 Å². The minimum atomic E-state index is -0.734. The standard InChI is InChI=1S/C19H19Cl2F2N3O2/c1-11(14-5-3-12(22)7-17(14)23)24-18(27)9-26(2)10-19(28)25-13-4-6-15(20)16(21)8-13/h3-8,11H,9-10H2,1-2H3,(H,24,27)(H,25,28)/t11-/m0/s1. The number of carbonyl (C=O) groups is 2. The minimum absolute atomic E-state index is 0.0487. The van der Waals surface area contributed by atoms with Gasteiger partial charge in [0, 0.05) is 17.3 Å². The van der Waals surface area contributed by atoms with Crippen molar-refractivity contribution in [2.24, 2.45) is 0 Å². The molecule has 28 heavy (non-hydrogen) atoms. The van der Waals surface area contributed by atoms with Crippen molar-refractivity contribution in [1.29, 1.82) is 0 Å². The predicted octanol–water partition coefficient (Wildman–Crippen LogP) is 4.02. The van der Waals surface area contributed by atoms with Crippen LogP contribution in [0.1, 0.15) is 18.5 Å². The molecule has 0 aliphatic heterocycles. The van der Waals surface area contributed by atoms with Crippen molar-refractivity contribution < 1.29 is 18.4 Å². The van der Waals surface area contributed by atoms with Crippen LogP contribution in [0.2, 0.25) is 10.0 Å². The molecule has 1 atom stereocenters. The first-order valence-corrected chi connectivity index (χ1v) is 9.09. The number of hydrogen-bond acceptors (Lipinski definition) is 3. The summed E-state index contributed by atoms with van der Waals surface area (Å²) in [5.74, 6) is -2.16. The first-order chi connectivity index (χ1) is 13.2. The first kappa shape index (κ1) is 22.1. The van der Waals surface area contributed by atoms with Crippen molar-refractivity contribution in [3.8, 4) is 0 Å². The first-order valence-electron chi connectivity index (χ1n) is 8.33. The van der Waals surface area contributed by atoms with Gasteiger partial charge in [0.05, 0.1) is 29.2 Å². The van der Waals surface area contributed by atoms with Gasteiger partial charge in [-0.2, -0.15) is 0 Å². The Morgan fingerprint density at radius 2 is 1.71 bits per heavy atom. The summed E-state index contributed by atoms with van der Waals surface area (Å²) in [6.07, 6.45) is 0. The zero-order valence-corrected chi connectivity index (χ0v) is 16.7. The smallest absolute Gasteiger partial charge is 0.238 e. The third-order valence-corrected chi connectivity index (χ3v) is 4.58. The summed E-state index contributed by atoms with van der Waals surface area (Å²) in [4.78, 5) is 25.7. The van der Waals surface area contributed by atoms with E-state index in [0.29, 0.717) is 15.7 Å². The number of nitrogens with one attached hydrogen (secondary N) is 2. The highest BCUT2D eigenvalue weighted by Crippen LogP contribution is 2.25. The molecule has 2 amide bonds. The molecule has 2 aromatic rings. The van der Waals surface area contributed by atoms with Crippen LogP contribution in [-0.2, 0) is 9.59 Å². The van der Waals surface area contributed by atoms with Gasteiger partial charge in [0.1, 0.15) is 11.6 Å². The SMILES string of the molecule is C[C@H](NC(=O)CN(C)CC(=O)Nc1ccc(Cl)c(Cl)c1)c1ccc(F)cc1F. The number of rotatable bonds is 7. The largest absolute Gasteiger partial charge is 0.348 e. The molecule has 0 aliphatic carbocycles. The molecule has 0 aromatic heterocycles. The number of anilines is 1. The topological polar surface area (TPSA) is 61.4 Å². The third-order valence-electron chi connectivity index (χ3n) is 3.84. The Kier molecular flexibility index (Phi) is 7.74. The zero-order chi connectivity index (χ0) is 20.8. The quantitative estimate of drug-likeness (QED) is 0.698. The summed E-state index contributed by atoms with van der Waals surface area (Å²) in [7, 11) is 1.59. The molecule has 0 fully saturated rings. The van der Waals surface area contributed by atoms with E-state index in [1.165, 1.54) is 17.0 Å². The van der Waals surface area contributed by atoms with E-state index in [4.69, 9.17) is 23.2 Å². The van der Waals surface area contributed by atoms with Crippen LogP contribution in [-0.4, -0.2) is 36.9 Å². The highest BCUT2D eigenvalue weighted by atomic mass is 35.5. The van der Waals surface area contributed by atoms with Gasteiger partial charge >= 0.3 is 0 Å². The molecule has 0 saturated carbocycles. The fraction of sp³-hybridized carbons (Fsp3) is 0.263. The minimum Gasteiger partial charge on any atom is -0.348 e. The third kappa shape index (κ3) is 6.44. The summed E-state index contributed by atoms with van der Waals surface area (Å²) >= 11 is 11.7. The van der Waals surface area contributed by atoms with Gasteiger partial charge in [-0.1, -0.05) is 29.3 Å². The summed E-state index contributed by atoms with van der Waals surface area (Å²) in [5, 5.41) is 5.96. The molecule has 5 nitrogen and oxygen atoms in total. The fourth-order valence-electron chi connectivity index (χ4n) is 2.54. The Balaban J connectivity index is 1.84. The molecule has 0 radical (unpaired) electrons. The Hall–Kier alpha value is -2.22. The maximum absolute atomic E-state index is 13.8. The van der Waals surface area contributed by atoms with Crippen LogP contribution in [0.25, 0.3) is 0 Å². The van der Waals surface area contributed by atoms with Crippen molar-refractivity contribution in [2.45, 2.75) is 13.0 Å². The maximum atomic E-state index is 13.8. The molecule has 0 aliphatic rings. The van der Waals surface area contributed by atoms with Gasteiger partial charge in [-0.25, -0.2) is 8.78 Å². The van der Waals surface area contributed by atoms with Crippen LogP contribution in [0.5, 0.6) is 0 Å². The average Bonchev–Trinajstić information content (AvgIpc) is 2.57. The highest BCUT2D eigenvalue weighted by Gasteiger charge is 2.16. The molecule has 2 N–H and O–H groups in total. The van der Waals surface area contributed by atoms with E-state index in [9.17, 15) is 18.4 Å². The summed E-state index contributed by atoms with van der Waals surface area (Å²) in [6, 6.07) is 7.21. The van der Waals surface area contributed by atoms with Crippen molar-refractivity contribution in [1.82, 2.24) is 10.2 Å². The van der Waals surface area contributed by atoms with E-state index in [0.717, 1.165) is 12.1 Å². The zero-order valence-electron chi connectivity index (χ0n) is 15.2. The van der Waals surface area contributed by atoms with Crippen LogP contribution in [0.3, 0.4) is 0 Å².